The standard InChI is InChI=1S/C16H16ClNO2/c17-14-7-8-16(18-15(14)10-19)20-13-6-5-11-3-1-2-4-12(11)9-13/h5-9,19H,1-4,10H2. The zero-order chi connectivity index (χ0) is 13.9. The minimum atomic E-state index is -0.194. The number of benzene rings is 1. The first-order chi connectivity index (χ1) is 9.76. The van der Waals surface area contributed by atoms with E-state index in [1.807, 2.05) is 6.07 Å². The molecule has 2 aromatic rings. The van der Waals surface area contributed by atoms with Gasteiger partial charge in [-0.1, -0.05) is 17.7 Å². The molecule has 3 rings (SSSR count). The maximum atomic E-state index is 9.16. The third-order valence-electron chi connectivity index (χ3n) is 3.59. The van der Waals surface area contributed by atoms with Gasteiger partial charge in [0, 0.05) is 6.07 Å². The van der Waals surface area contributed by atoms with E-state index < -0.39 is 0 Å². The summed E-state index contributed by atoms with van der Waals surface area (Å²) in [7, 11) is 0. The number of halogens is 1. The highest BCUT2D eigenvalue weighted by Gasteiger charge is 2.11. The lowest BCUT2D eigenvalue weighted by Gasteiger charge is -2.16. The molecule has 1 aromatic heterocycles. The van der Waals surface area contributed by atoms with Crippen molar-refractivity contribution >= 4 is 11.6 Å². The Morgan fingerprint density at radius 1 is 1.10 bits per heavy atom. The van der Waals surface area contributed by atoms with Gasteiger partial charge in [-0.25, -0.2) is 4.98 Å². The van der Waals surface area contributed by atoms with Crippen LogP contribution < -0.4 is 4.74 Å². The SMILES string of the molecule is OCc1nc(Oc2ccc3c(c2)CCCC3)ccc1Cl. The van der Waals surface area contributed by atoms with E-state index in [1.54, 1.807) is 12.1 Å². The highest BCUT2D eigenvalue weighted by molar-refractivity contribution is 6.31. The average Bonchev–Trinajstić information content (AvgIpc) is 2.49. The molecular weight excluding hydrogens is 274 g/mol. The molecule has 1 aliphatic carbocycles. The van der Waals surface area contributed by atoms with Crippen molar-refractivity contribution in [3.63, 3.8) is 0 Å². The zero-order valence-electron chi connectivity index (χ0n) is 11.1. The second kappa shape index (κ2) is 5.81. The number of ether oxygens (including phenoxy) is 1. The van der Waals surface area contributed by atoms with E-state index in [1.165, 1.54) is 24.0 Å². The highest BCUT2D eigenvalue weighted by atomic mass is 35.5. The monoisotopic (exact) mass is 289 g/mol. The number of aliphatic hydroxyl groups is 1. The van der Waals surface area contributed by atoms with Gasteiger partial charge < -0.3 is 9.84 Å². The summed E-state index contributed by atoms with van der Waals surface area (Å²) in [4.78, 5) is 4.19. The number of fused-ring (bicyclic) bond motifs is 1. The van der Waals surface area contributed by atoms with Crippen LogP contribution in [0.3, 0.4) is 0 Å². The van der Waals surface area contributed by atoms with E-state index in [-0.39, 0.29) is 6.61 Å². The lowest BCUT2D eigenvalue weighted by atomic mass is 9.92. The topological polar surface area (TPSA) is 42.4 Å². The molecule has 20 heavy (non-hydrogen) atoms. The Hall–Kier alpha value is -1.58. The second-order valence-electron chi connectivity index (χ2n) is 4.98. The van der Waals surface area contributed by atoms with Crippen molar-refractivity contribution in [2.75, 3.05) is 0 Å². The van der Waals surface area contributed by atoms with E-state index in [4.69, 9.17) is 21.4 Å². The molecule has 1 aromatic carbocycles. The van der Waals surface area contributed by atoms with Gasteiger partial charge in [-0.2, -0.15) is 0 Å². The minimum Gasteiger partial charge on any atom is -0.439 e. The number of aromatic nitrogens is 1. The van der Waals surface area contributed by atoms with E-state index >= 15 is 0 Å². The van der Waals surface area contributed by atoms with Gasteiger partial charge in [0.2, 0.25) is 5.88 Å². The molecule has 0 fully saturated rings. The molecule has 0 spiro atoms. The molecule has 3 nitrogen and oxygen atoms in total. The molecule has 1 aliphatic rings. The van der Waals surface area contributed by atoms with Crippen LogP contribution in [0.15, 0.2) is 30.3 Å². The van der Waals surface area contributed by atoms with Crippen LogP contribution in [0.4, 0.5) is 0 Å². The van der Waals surface area contributed by atoms with Gasteiger partial charge in [-0.3, -0.25) is 0 Å². The smallest absolute Gasteiger partial charge is 0.219 e. The Balaban J connectivity index is 1.84. The van der Waals surface area contributed by atoms with Crippen LogP contribution >= 0.6 is 11.6 Å². The number of rotatable bonds is 3. The fraction of sp³-hybridized carbons (Fsp3) is 0.312. The molecule has 0 saturated carbocycles. The summed E-state index contributed by atoms with van der Waals surface area (Å²) < 4.78 is 5.76. The minimum absolute atomic E-state index is 0.194. The molecule has 0 amide bonds. The Morgan fingerprint density at radius 2 is 1.90 bits per heavy atom. The number of aliphatic hydroxyl groups excluding tert-OH is 1. The fourth-order valence-corrected chi connectivity index (χ4v) is 2.69. The van der Waals surface area contributed by atoms with Gasteiger partial charge in [0.25, 0.3) is 0 Å². The lowest BCUT2D eigenvalue weighted by Crippen LogP contribution is -2.02. The van der Waals surface area contributed by atoms with Gasteiger partial charge in [0.05, 0.1) is 17.3 Å². The summed E-state index contributed by atoms with van der Waals surface area (Å²) in [6.45, 7) is -0.194. The maximum Gasteiger partial charge on any atom is 0.219 e. The predicted octanol–water partition coefficient (Wildman–Crippen LogP) is 3.90. The third-order valence-corrected chi connectivity index (χ3v) is 3.93. The van der Waals surface area contributed by atoms with Gasteiger partial charge in [0.15, 0.2) is 0 Å². The van der Waals surface area contributed by atoms with E-state index in [0.717, 1.165) is 18.6 Å². The number of hydrogen-bond acceptors (Lipinski definition) is 3. The molecular formula is C16H16ClNO2. The van der Waals surface area contributed by atoms with Crippen molar-refractivity contribution in [3.05, 3.63) is 52.2 Å². The summed E-state index contributed by atoms with van der Waals surface area (Å²) in [6.07, 6.45) is 4.78. The normalized spacial score (nSPS) is 13.9. The van der Waals surface area contributed by atoms with Crippen molar-refractivity contribution in [2.45, 2.75) is 32.3 Å². The Morgan fingerprint density at radius 3 is 2.70 bits per heavy atom. The molecule has 0 unspecified atom stereocenters. The van der Waals surface area contributed by atoms with Crippen LogP contribution in [-0.4, -0.2) is 10.1 Å². The van der Waals surface area contributed by atoms with Crippen molar-refractivity contribution in [2.24, 2.45) is 0 Å². The van der Waals surface area contributed by atoms with E-state index in [9.17, 15) is 0 Å². The summed E-state index contributed by atoms with van der Waals surface area (Å²) >= 11 is 5.92. The first-order valence-corrected chi connectivity index (χ1v) is 7.20. The largest absolute Gasteiger partial charge is 0.439 e. The average molecular weight is 290 g/mol. The molecule has 0 atom stereocenters. The summed E-state index contributed by atoms with van der Waals surface area (Å²) in [5, 5.41) is 9.61. The summed E-state index contributed by atoms with van der Waals surface area (Å²) in [5.41, 5.74) is 3.22. The van der Waals surface area contributed by atoms with Crippen LogP contribution in [-0.2, 0) is 19.4 Å². The van der Waals surface area contributed by atoms with E-state index in [0.29, 0.717) is 16.6 Å². The van der Waals surface area contributed by atoms with Crippen LogP contribution in [0, 0.1) is 0 Å². The molecule has 1 heterocycles. The quantitative estimate of drug-likeness (QED) is 0.932. The van der Waals surface area contributed by atoms with Crippen LogP contribution in [0.1, 0.15) is 29.7 Å². The second-order valence-corrected chi connectivity index (χ2v) is 5.38. The van der Waals surface area contributed by atoms with Gasteiger partial charge >= 0.3 is 0 Å². The Labute approximate surface area is 123 Å². The zero-order valence-corrected chi connectivity index (χ0v) is 11.9. The molecule has 0 aliphatic heterocycles. The van der Waals surface area contributed by atoms with Gasteiger partial charge in [0.1, 0.15) is 5.75 Å². The first kappa shape index (κ1) is 13.4. The molecule has 0 bridgehead atoms. The molecule has 0 radical (unpaired) electrons. The van der Waals surface area contributed by atoms with Crippen LogP contribution in [0.2, 0.25) is 5.02 Å². The van der Waals surface area contributed by atoms with Gasteiger partial charge in [-0.05, 0) is 55.0 Å². The van der Waals surface area contributed by atoms with Crippen LogP contribution in [0.5, 0.6) is 11.6 Å². The van der Waals surface area contributed by atoms with Crippen molar-refractivity contribution in [3.8, 4) is 11.6 Å². The van der Waals surface area contributed by atoms with Gasteiger partial charge in [-0.15, -0.1) is 0 Å². The maximum absolute atomic E-state index is 9.16. The summed E-state index contributed by atoms with van der Waals surface area (Å²) in [6, 6.07) is 9.59. The molecule has 4 heteroatoms. The molecule has 0 saturated heterocycles. The third kappa shape index (κ3) is 2.79. The highest BCUT2D eigenvalue weighted by Crippen LogP contribution is 2.28. The molecule has 104 valence electrons. The summed E-state index contributed by atoms with van der Waals surface area (Å²) in [5.74, 6) is 1.23. The number of pyridine rings is 1. The number of hydrogen-bond donors (Lipinski definition) is 1. The van der Waals surface area contributed by atoms with Crippen molar-refractivity contribution in [1.82, 2.24) is 4.98 Å². The lowest BCUT2D eigenvalue weighted by molar-refractivity contribution is 0.275. The van der Waals surface area contributed by atoms with Crippen molar-refractivity contribution in [1.29, 1.82) is 0 Å². The fourth-order valence-electron chi connectivity index (χ4n) is 2.53. The van der Waals surface area contributed by atoms with E-state index in [2.05, 4.69) is 17.1 Å². The van der Waals surface area contributed by atoms with Crippen molar-refractivity contribution < 1.29 is 9.84 Å². The first-order valence-electron chi connectivity index (χ1n) is 6.82. The molecule has 1 N–H and O–H groups in total. The van der Waals surface area contributed by atoms with Crippen LogP contribution in [0.25, 0.3) is 0 Å². The Bertz CT molecular complexity index is 628. The number of nitrogens with zero attached hydrogens (tertiary/aromatic N) is 1. The Kier molecular flexibility index (Phi) is 3.90. The number of aryl methyl sites for hydroxylation is 2. The predicted molar refractivity (Wildman–Crippen MR) is 78.3 cm³/mol.